The normalized spacial score (nSPS) is 22.4. The third-order valence-corrected chi connectivity index (χ3v) is 7.09. The number of ketones is 1. The van der Waals surface area contributed by atoms with Crippen LogP contribution in [0.4, 0.5) is 0 Å². The maximum Gasteiger partial charge on any atom is 0.251 e. The number of ether oxygens (including phenoxy) is 1. The van der Waals surface area contributed by atoms with Crippen LogP contribution in [-0.4, -0.2) is 41.9 Å². The number of Topliss-reactive ketones (excluding diaryl/α,β-unsaturated/α-hetero) is 1. The molecular formula is C27H25ClN2O4. The number of hydrogen-bond donors (Lipinski definition) is 2. The van der Waals surface area contributed by atoms with Crippen molar-refractivity contribution in [2.75, 3.05) is 6.61 Å². The van der Waals surface area contributed by atoms with Crippen LogP contribution in [0.5, 0.6) is 0 Å². The van der Waals surface area contributed by atoms with E-state index < -0.39 is 17.5 Å². The minimum absolute atomic E-state index is 0.0102. The fourth-order valence-corrected chi connectivity index (χ4v) is 5.11. The van der Waals surface area contributed by atoms with Crippen molar-refractivity contribution < 1.29 is 19.1 Å². The van der Waals surface area contributed by atoms with E-state index in [1.807, 2.05) is 48.5 Å². The van der Waals surface area contributed by atoms with Gasteiger partial charge in [0.25, 0.3) is 5.91 Å². The van der Waals surface area contributed by atoms with Crippen molar-refractivity contribution in [2.24, 2.45) is 0 Å². The minimum Gasteiger partial charge on any atom is -0.367 e. The molecule has 0 bridgehead atoms. The van der Waals surface area contributed by atoms with Gasteiger partial charge in [0, 0.05) is 17.0 Å². The predicted octanol–water partition coefficient (Wildman–Crippen LogP) is 3.84. The van der Waals surface area contributed by atoms with E-state index in [9.17, 15) is 14.4 Å². The summed E-state index contributed by atoms with van der Waals surface area (Å²) >= 11 is 6.01. The van der Waals surface area contributed by atoms with Crippen molar-refractivity contribution in [2.45, 2.75) is 43.4 Å². The van der Waals surface area contributed by atoms with Gasteiger partial charge in [-0.05, 0) is 59.9 Å². The van der Waals surface area contributed by atoms with Crippen molar-refractivity contribution in [3.05, 3.63) is 82.9 Å². The topological polar surface area (TPSA) is 84.5 Å². The molecule has 1 saturated heterocycles. The van der Waals surface area contributed by atoms with Crippen LogP contribution < -0.4 is 10.6 Å². The van der Waals surface area contributed by atoms with Gasteiger partial charge in [0.05, 0.1) is 6.10 Å². The molecule has 2 amide bonds. The molecule has 34 heavy (non-hydrogen) atoms. The van der Waals surface area contributed by atoms with Crippen LogP contribution in [0, 0.1) is 0 Å². The lowest BCUT2D eigenvalue weighted by molar-refractivity contribution is -0.131. The second kappa shape index (κ2) is 9.20. The van der Waals surface area contributed by atoms with E-state index in [1.165, 1.54) is 0 Å². The monoisotopic (exact) mass is 476 g/mol. The molecule has 174 valence electrons. The van der Waals surface area contributed by atoms with E-state index in [1.54, 1.807) is 18.2 Å². The fraction of sp³-hybridized carbons (Fsp3) is 0.296. The lowest BCUT2D eigenvalue weighted by atomic mass is 9.91. The molecule has 0 aromatic heterocycles. The highest BCUT2D eigenvalue weighted by molar-refractivity contribution is 6.30. The Morgan fingerprint density at radius 1 is 1.06 bits per heavy atom. The quantitative estimate of drug-likeness (QED) is 0.566. The van der Waals surface area contributed by atoms with Crippen LogP contribution in [0.2, 0.25) is 5.02 Å². The zero-order chi connectivity index (χ0) is 23.7. The number of hydrogen-bond acceptors (Lipinski definition) is 4. The number of carbonyl (C=O) groups is 3. The second-order valence-corrected chi connectivity index (χ2v) is 9.43. The number of halogens is 1. The van der Waals surface area contributed by atoms with Crippen LogP contribution >= 0.6 is 11.6 Å². The maximum absolute atomic E-state index is 13.5. The van der Waals surface area contributed by atoms with Crippen LogP contribution in [0.25, 0.3) is 10.8 Å². The molecule has 0 radical (unpaired) electrons. The summed E-state index contributed by atoms with van der Waals surface area (Å²) in [5.41, 5.74) is 0.311. The molecule has 1 saturated carbocycles. The van der Waals surface area contributed by atoms with E-state index in [0.29, 0.717) is 17.0 Å². The Morgan fingerprint density at radius 3 is 2.62 bits per heavy atom. The second-order valence-electron chi connectivity index (χ2n) is 8.99. The summed E-state index contributed by atoms with van der Waals surface area (Å²) in [6.07, 6.45) is 2.04. The first kappa shape index (κ1) is 22.6. The molecule has 3 aromatic rings. The molecule has 7 heteroatoms. The third-order valence-electron chi connectivity index (χ3n) is 6.83. The van der Waals surface area contributed by atoms with Gasteiger partial charge < -0.3 is 15.4 Å². The molecule has 3 aromatic carbocycles. The van der Waals surface area contributed by atoms with Gasteiger partial charge in [0.2, 0.25) is 5.91 Å². The Labute approximate surface area is 202 Å². The number of carbonyl (C=O) groups excluding carboxylic acids is 3. The molecule has 1 aliphatic heterocycles. The molecule has 3 unspecified atom stereocenters. The minimum atomic E-state index is -0.997. The fourth-order valence-electron chi connectivity index (χ4n) is 4.98. The third kappa shape index (κ3) is 4.31. The van der Waals surface area contributed by atoms with Crippen LogP contribution in [0.1, 0.15) is 35.2 Å². The smallest absolute Gasteiger partial charge is 0.251 e. The molecule has 1 heterocycles. The van der Waals surface area contributed by atoms with Gasteiger partial charge in [-0.3, -0.25) is 14.4 Å². The molecule has 2 fully saturated rings. The van der Waals surface area contributed by atoms with Gasteiger partial charge >= 0.3 is 0 Å². The number of fused-ring (bicyclic) bond motifs is 2. The summed E-state index contributed by atoms with van der Waals surface area (Å²) in [5.74, 6) is -0.848. The summed E-state index contributed by atoms with van der Waals surface area (Å²) in [7, 11) is 0. The first-order valence-corrected chi connectivity index (χ1v) is 11.8. The van der Waals surface area contributed by atoms with Gasteiger partial charge in [-0.2, -0.15) is 0 Å². The van der Waals surface area contributed by atoms with Gasteiger partial charge in [-0.1, -0.05) is 54.1 Å². The Bertz CT molecular complexity index is 1260. The zero-order valence-corrected chi connectivity index (χ0v) is 19.3. The Kier molecular flexibility index (Phi) is 6.11. The molecule has 2 aliphatic rings. The molecule has 6 nitrogen and oxygen atoms in total. The number of benzene rings is 3. The van der Waals surface area contributed by atoms with E-state index in [-0.39, 0.29) is 30.8 Å². The number of rotatable bonds is 6. The molecule has 5 rings (SSSR count). The van der Waals surface area contributed by atoms with E-state index in [2.05, 4.69) is 10.6 Å². The summed E-state index contributed by atoms with van der Waals surface area (Å²) in [5, 5.41) is 8.42. The Hall–Kier alpha value is -3.22. The number of amides is 2. The highest BCUT2D eigenvalue weighted by Gasteiger charge is 2.55. The van der Waals surface area contributed by atoms with Crippen molar-refractivity contribution >= 4 is 40.0 Å². The molecule has 0 spiro atoms. The first-order chi connectivity index (χ1) is 16.4. The van der Waals surface area contributed by atoms with E-state index >= 15 is 0 Å². The number of nitrogens with one attached hydrogen (secondary N) is 2. The average Bonchev–Trinajstić information content (AvgIpc) is 3.38. The molecule has 1 aliphatic carbocycles. The zero-order valence-electron chi connectivity index (χ0n) is 18.6. The lowest BCUT2D eigenvalue weighted by Gasteiger charge is -2.30. The summed E-state index contributed by atoms with van der Waals surface area (Å²) in [6.45, 7) is 0.0102. The van der Waals surface area contributed by atoms with Gasteiger partial charge in [-0.25, -0.2) is 0 Å². The average molecular weight is 477 g/mol. The standard InChI is InChI=1S/C27H25ClN2O4/c28-21-11-7-17(8-12-21)14-22(26(33)30-27-13-3-6-24(27)34-16-23(27)31)29-25(32)20-10-9-18-4-1-2-5-19(18)15-20/h1-2,4-5,7-12,15,22,24H,3,6,13-14,16H2,(H,29,32)(H,30,33). The maximum atomic E-state index is 13.5. The SMILES string of the molecule is O=C(NC(Cc1ccc(Cl)cc1)C(=O)NC12CCCC1OCC2=O)c1ccc2ccccc2c1. The summed E-state index contributed by atoms with van der Waals surface area (Å²) in [6, 6.07) is 19.5. The van der Waals surface area contributed by atoms with Gasteiger partial charge in [0.15, 0.2) is 5.78 Å². The van der Waals surface area contributed by atoms with Crippen molar-refractivity contribution in [1.82, 2.24) is 10.6 Å². The van der Waals surface area contributed by atoms with Crippen LogP contribution in [-0.2, 0) is 20.7 Å². The van der Waals surface area contributed by atoms with E-state index in [4.69, 9.17) is 16.3 Å². The van der Waals surface area contributed by atoms with Crippen molar-refractivity contribution in [1.29, 1.82) is 0 Å². The highest BCUT2D eigenvalue weighted by Crippen LogP contribution is 2.37. The lowest BCUT2D eigenvalue weighted by Crippen LogP contribution is -2.60. The largest absolute Gasteiger partial charge is 0.367 e. The van der Waals surface area contributed by atoms with E-state index in [0.717, 1.165) is 29.2 Å². The predicted molar refractivity (Wildman–Crippen MR) is 130 cm³/mol. The first-order valence-electron chi connectivity index (χ1n) is 11.5. The van der Waals surface area contributed by atoms with Crippen molar-refractivity contribution in [3.63, 3.8) is 0 Å². The molecule has 3 atom stereocenters. The van der Waals surface area contributed by atoms with Crippen LogP contribution in [0.3, 0.4) is 0 Å². The Balaban J connectivity index is 1.40. The highest BCUT2D eigenvalue weighted by atomic mass is 35.5. The Morgan fingerprint density at radius 2 is 1.82 bits per heavy atom. The molecular weight excluding hydrogens is 452 g/mol. The molecule has 2 N–H and O–H groups in total. The van der Waals surface area contributed by atoms with Crippen molar-refractivity contribution in [3.8, 4) is 0 Å². The summed E-state index contributed by atoms with van der Waals surface area (Å²) in [4.78, 5) is 39.3. The summed E-state index contributed by atoms with van der Waals surface area (Å²) < 4.78 is 5.63. The van der Waals surface area contributed by atoms with Gasteiger partial charge in [0.1, 0.15) is 18.2 Å². The van der Waals surface area contributed by atoms with Gasteiger partial charge in [-0.15, -0.1) is 0 Å². The van der Waals surface area contributed by atoms with Crippen LogP contribution in [0.15, 0.2) is 66.7 Å².